The second-order valence-corrected chi connectivity index (χ2v) is 8.83. The Labute approximate surface area is 185 Å². The SMILES string of the molecule is CCOc1cc(/C=N\NC(=O)CSc2nc3ccccc3s2)cc(Br)c1OCC. The molecule has 0 aliphatic carbocycles. The van der Waals surface area contributed by atoms with Crippen molar-refractivity contribution in [2.45, 2.75) is 18.2 Å². The number of thiazole rings is 1. The smallest absolute Gasteiger partial charge is 0.250 e. The summed E-state index contributed by atoms with van der Waals surface area (Å²) >= 11 is 6.46. The predicted octanol–water partition coefficient (Wildman–Crippen LogP) is 5.10. The van der Waals surface area contributed by atoms with Crippen LogP contribution in [-0.4, -0.2) is 36.1 Å². The molecule has 0 saturated heterocycles. The third-order valence-corrected chi connectivity index (χ3v) is 6.39. The minimum Gasteiger partial charge on any atom is -0.490 e. The Balaban J connectivity index is 1.57. The highest BCUT2D eigenvalue weighted by Crippen LogP contribution is 2.36. The van der Waals surface area contributed by atoms with E-state index in [1.807, 2.05) is 50.2 Å². The van der Waals surface area contributed by atoms with Gasteiger partial charge < -0.3 is 9.47 Å². The fraction of sp³-hybridized carbons (Fsp3) is 0.250. The van der Waals surface area contributed by atoms with E-state index >= 15 is 0 Å². The number of para-hydroxylation sites is 1. The predicted molar refractivity (Wildman–Crippen MR) is 123 cm³/mol. The first-order chi connectivity index (χ1) is 14.1. The first kappa shape index (κ1) is 21.6. The van der Waals surface area contributed by atoms with Crippen molar-refractivity contribution in [1.82, 2.24) is 10.4 Å². The number of halogens is 1. The Morgan fingerprint density at radius 1 is 1.28 bits per heavy atom. The highest BCUT2D eigenvalue weighted by molar-refractivity contribution is 9.10. The first-order valence-corrected chi connectivity index (χ1v) is 11.6. The summed E-state index contributed by atoms with van der Waals surface area (Å²) in [6, 6.07) is 11.6. The van der Waals surface area contributed by atoms with Crippen LogP contribution in [0.2, 0.25) is 0 Å². The van der Waals surface area contributed by atoms with Gasteiger partial charge in [-0.1, -0.05) is 23.9 Å². The van der Waals surface area contributed by atoms with Crippen molar-refractivity contribution >= 4 is 61.4 Å². The van der Waals surface area contributed by atoms with Crippen molar-refractivity contribution in [3.63, 3.8) is 0 Å². The highest BCUT2D eigenvalue weighted by Gasteiger charge is 2.11. The number of hydrogen-bond donors (Lipinski definition) is 1. The van der Waals surface area contributed by atoms with E-state index in [9.17, 15) is 4.79 Å². The van der Waals surface area contributed by atoms with Crippen molar-refractivity contribution < 1.29 is 14.3 Å². The van der Waals surface area contributed by atoms with Crippen LogP contribution in [0, 0.1) is 0 Å². The van der Waals surface area contributed by atoms with E-state index in [1.54, 1.807) is 17.6 Å². The summed E-state index contributed by atoms with van der Waals surface area (Å²) in [6.07, 6.45) is 1.57. The van der Waals surface area contributed by atoms with E-state index in [4.69, 9.17) is 9.47 Å². The number of carbonyl (C=O) groups excluding carboxylic acids is 1. The molecule has 2 aromatic carbocycles. The summed E-state index contributed by atoms with van der Waals surface area (Å²) < 4.78 is 14.0. The molecule has 152 valence electrons. The Bertz CT molecular complexity index is 990. The summed E-state index contributed by atoms with van der Waals surface area (Å²) in [5.41, 5.74) is 4.27. The number of nitrogens with zero attached hydrogens (tertiary/aromatic N) is 2. The van der Waals surface area contributed by atoms with Gasteiger partial charge in [0.25, 0.3) is 5.91 Å². The lowest BCUT2D eigenvalue weighted by Crippen LogP contribution is -2.19. The lowest BCUT2D eigenvalue weighted by molar-refractivity contribution is -0.118. The molecule has 0 bridgehead atoms. The van der Waals surface area contributed by atoms with Gasteiger partial charge in [0.15, 0.2) is 15.8 Å². The largest absolute Gasteiger partial charge is 0.490 e. The molecule has 0 unspecified atom stereocenters. The quantitative estimate of drug-likeness (QED) is 0.255. The maximum absolute atomic E-state index is 12.1. The van der Waals surface area contributed by atoms with Crippen LogP contribution in [0.3, 0.4) is 0 Å². The van der Waals surface area contributed by atoms with Crippen molar-refractivity contribution in [1.29, 1.82) is 0 Å². The monoisotopic (exact) mass is 493 g/mol. The molecule has 29 heavy (non-hydrogen) atoms. The van der Waals surface area contributed by atoms with E-state index < -0.39 is 0 Å². The molecule has 1 aromatic heterocycles. The van der Waals surface area contributed by atoms with E-state index in [0.29, 0.717) is 24.7 Å². The molecule has 0 radical (unpaired) electrons. The lowest BCUT2D eigenvalue weighted by atomic mass is 10.2. The normalized spacial score (nSPS) is 11.1. The van der Waals surface area contributed by atoms with Crippen molar-refractivity contribution in [3.05, 3.63) is 46.4 Å². The molecule has 0 fully saturated rings. The summed E-state index contributed by atoms with van der Waals surface area (Å²) in [4.78, 5) is 16.6. The zero-order valence-corrected chi connectivity index (χ0v) is 19.2. The van der Waals surface area contributed by atoms with Crippen molar-refractivity contribution in [2.24, 2.45) is 5.10 Å². The molecular formula is C20H20BrN3O3S2. The van der Waals surface area contributed by atoms with Crippen LogP contribution in [0.5, 0.6) is 11.5 Å². The molecule has 0 aliphatic rings. The fourth-order valence-corrected chi connectivity index (χ4v) is 4.90. The van der Waals surface area contributed by atoms with Gasteiger partial charge in [-0.3, -0.25) is 4.79 Å². The van der Waals surface area contributed by atoms with Crippen LogP contribution in [-0.2, 0) is 4.79 Å². The van der Waals surface area contributed by atoms with E-state index in [2.05, 4.69) is 31.4 Å². The molecule has 9 heteroatoms. The van der Waals surface area contributed by atoms with Crippen LogP contribution in [0.15, 0.2) is 50.3 Å². The number of hydrogen-bond acceptors (Lipinski definition) is 7. The summed E-state index contributed by atoms with van der Waals surface area (Å²) in [5.74, 6) is 1.33. The molecule has 1 N–H and O–H groups in total. The second-order valence-electron chi connectivity index (χ2n) is 5.73. The number of benzene rings is 2. The number of ether oxygens (including phenoxy) is 2. The molecule has 0 saturated carbocycles. The standard InChI is InChI=1S/C20H20BrN3O3S2/c1-3-26-16-10-13(9-14(21)19(16)27-4-2)11-22-24-18(25)12-28-20-23-15-7-5-6-8-17(15)29-20/h5-11H,3-4,12H2,1-2H3,(H,24,25)/b22-11-. The average Bonchev–Trinajstić information content (AvgIpc) is 3.12. The fourth-order valence-electron chi connectivity index (χ4n) is 2.46. The summed E-state index contributed by atoms with van der Waals surface area (Å²) in [6.45, 7) is 4.88. The Morgan fingerprint density at radius 2 is 2.07 bits per heavy atom. The van der Waals surface area contributed by atoms with E-state index in [-0.39, 0.29) is 11.7 Å². The Kier molecular flexibility index (Phi) is 7.91. The van der Waals surface area contributed by atoms with Crippen LogP contribution < -0.4 is 14.9 Å². The third kappa shape index (κ3) is 5.94. The van der Waals surface area contributed by atoms with E-state index in [0.717, 1.165) is 24.6 Å². The zero-order valence-electron chi connectivity index (χ0n) is 16.0. The number of amides is 1. The van der Waals surface area contributed by atoms with Crippen molar-refractivity contribution in [2.75, 3.05) is 19.0 Å². The van der Waals surface area contributed by atoms with Gasteiger partial charge in [0.05, 0.1) is 39.9 Å². The number of fused-ring (bicyclic) bond motifs is 1. The minimum atomic E-state index is -0.194. The maximum Gasteiger partial charge on any atom is 0.250 e. The number of rotatable bonds is 9. The molecule has 3 rings (SSSR count). The molecule has 0 aliphatic heterocycles. The van der Waals surface area contributed by atoms with Gasteiger partial charge in [-0.05, 0) is 59.6 Å². The van der Waals surface area contributed by atoms with Gasteiger partial charge in [0.1, 0.15) is 0 Å². The molecule has 3 aromatic rings. The number of hydrazone groups is 1. The molecular weight excluding hydrogens is 474 g/mol. The van der Waals surface area contributed by atoms with Gasteiger partial charge in [0.2, 0.25) is 0 Å². The van der Waals surface area contributed by atoms with Crippen LogP contribution >= 0.6 is 39.0 Å². The lowest BCUT2D eigenvalue weighted by Gasteiger charge is -2.13. The van der Waals surface area contributed by atoms with E-state index in [1.165, 1.54) is 11.8 Å². The van der Waals surface area contributed by atoms with Crippen LogP contribution in [0.25, 0.3) is 10.2 Å². The molecule has 6 nitrogen and oxygen atoms in total. The van der Waals surface area contributed by atoms with Gasteiger partial charge in [-0.2, -0.15) is 5.10 Å². The number of carbonyl (C=O) groups is 1. The van der Waals surface area contributed by atoms with Crippen LogP contribution in [0.1, 0.15) is 19.4 Å². The Hall–Kier alpha value is -2.10. The average molecular weight is 494 g/mol. The maximum atomic E-state index is 12.1. The zero-order chi connectivity index (χ0) is 20.6. The van der Waals surface area contributed by atoms with Gasteiger partial charge in [0, 0.05) is 0 Å². The third-order valence-electron chi connectivity index (χ3n) is 3.62. The van der Waals surface area contributed by atoms with Crippen LogP contribution in [0.4, 0.5) is 0 Å². The topological polar surface area (TPSA) is 72.8 Å². The Morgan fingerprint density at radius 3 is 2.83 bits per heavy atom. The molecule has 0 atom stereocenters. The minimum absolute atomic E-state index is 0.194. The summed E-state index contributed by atoms with van der Waals surface area (Å²) in [5, 5.41) is 4.04. The van der Waals surface area contributed by atoms with Gasteiger partial charge in [-0.15, -0.1) is 11.3 Å². The first-order valence-electron chi connectivity index (χ1n) is 9.00. The highest BCUT2D eigenvalue weighted by atomic mass is 79.9. The van der Waals surface area contributed by atoms with Gasteiger partial charge in [-0.25, -0.2) is 10.4 Å². The number of nitrogens with one attached hydrogen (secondary N) is 1. The number of aromatic nitrogens is 1. The number of thioether (sulfide) groups is 1. The van der Waals surface area contributed by atoms with Gasteiger partial charge >= 0.3 is 0 Å². The van der Waals surface area contributed by atoms with Crippen molar-refractivity contribution in [3.8, 4) is 11.5 Å². The molecule has 0 spiro atoms. The second kappa shape index (κ2) is 10.6. The molecule has 1 amide bonds. The molecule has 1 heterocycles. The summed E-state index contributed by atoms with van der Waals surface area (Å²) in [7, 11) is 0.